The molecule has 0 aromatic carbocycles. The van der Waals surface area contributed by atoms with E-state index in [1.54, 1.807) is 7.11 Å². The van der Waals surface area contributed by atoms with E-state index in [0.29, 0.717) is 0 Å². The topological polar surface area (TPSA) is 9.23 Å². The fourth-order valence-electron chi connectivity index (χ4n) is 0.934. The van der Waals surface area contributed by atoms with E-state index in [1.165, 1.54) is 0 Å². The zero-order valence-corrected chi connectivity index (χ0v) is 10.6. The Labute approximate surface area is 88.9 Å². The Morgan fingerprint density at radius 2 is 1.43 bits per heavy atom. The molecule has 0 aromatic heterocycles. The molecule has 0 aliphatic heterocycles. The van der Waals surface area contributed by atoms with Gasteiger partial charge in [0, 0.05) is 0 Å². The maximum atomic E-state index is 5.30. The number of rotatable bonds is 2. The molecule has 0 aliphatic carbocycles. The Morgan fingerprint density at radius 3 is 1.71 bits per heavy atom. The quantitative estimate of drug-likeness (QED) is 0.476. The minimum atomic E-state index is 0.160. The van der Waals surface area contributed by atoms with Crippen molar-refractivity contribution in [2.75, 3.05) is 7.11 Å². The van der Waals surface area contributed by atoms with Gasteiger partial charge in [0.25, 0.3) is 0 Å². The largest absolute Gasteiger partial charge is 0.497 e. The van der Waals surface area contributed by atoms with E-state index < -0.39 is 0 Å². The first-order valence-corrected chi connectivity index (χ1v) is 5.10. The minimum absolute atomic E-state index is 0.160. The van der Waals surface area contributed by atoms with Gasteiger partial charge in [-0.15, -0.1) is 0 Å². The second-order valence-corrected chi connectivity index (χ2v) is 5.82. The minimum Gasteiger partial charge on any atom is -0.497 e. The van der Waals surface area contributed by atoms with Gasteiger partial charge in [0.2, 0.25) is 0 Å². The highest BCUT2D eigenvalue weighted by molar-refractivity contribution is 5.16. The molecule has 82 valence electrons. The Hall–Kier alpha value is -0.720. The lowest BCUT2D eigenvalue weighted by molar-refractivity contribution is 0.297. The van der Waals surface area contributed by atoms with Crippen LogP contribution in [0.1, 0.15) is 41.5 Å². The van der Waals surface area contributed by atoms with Gasteiger partial charge in [-0.25, -0.2) is 0 Å². The summed E-state index contributed by atoms with van der Waals surface area (Å²) in [6.07, 6.45) is 6.34. The molecule has 0 bridgehead atoms. The van der Waals surface area contributed by atoms with Crippen molar-refractivity contribution in [1.82, 2.24) is 0 Å². The molecule has 0 heterocycles. The van der Waals surface area contributed by atoms with Crippen LogP contribution in [-0.4, -0.2) is 7.11 Å². The van der Waals surface area contributed by atoms with Crippen molar-refractivity contribution >= 4 is 0 Å². The summed E-state index contributed by atoms with van der Waals surface area (Å²) < 4.78 is 5.30. The van der Waals surface area contributed by atoms with Gasteiger partial charge in [-0.05, 0) is 23.0 Å². The molecular weight excluding hydrogens is 172 g/mol. The smallest absolute Gasteiger partial charge is 0.115 e. The summed E-state index contributed by atoms with van der Waals surface area (Å²) in [5.74, 6) is 0.937. The molecule has 1 heteroatoms. The van der Waals surface area contributed by atoms with Crippen LogP contribution in [0.2, 0.25) is 0 Å². The number of hydrogen-bond donors (Lipinski definition) is 0. The molecule has 1 nitrogen and oxygen atoms in total. The highest BCUT2D eigenvalue weighted by Gasteiger charge is 2.09. The van der Waals surface area contributed by atoms with Crippen molar-refractivity contribution in [2.24, 2.45) is 10.8 Å². The van der Waals surface area contributed by atoms with E-state index in [-0.39, 0.29) is 10.8 Å². The second kappa shape index (κ2) is 4.68. The van der Waals surface area contributed by atoms with Gasteiger partial charge in [-0.1, -0.05) is 47.6 Å². The highest BCUT2D eigenvalue weighted by Crippen LogP contribution is 2.21. The van der Waals surface area contributed by atoms with Crippen LogP contribution in [-0.2, 0) is 4.74 Å². The molecule has 0 saturated heterocycles. The Morgan fingerprint density at radius 1 is 0.929 bits per heavy atom. The molecule has 0 fully saturated rings. The number of allylic oxidation sites excluding steroid dienone is 3. The standard InChI is InChI=1S/C13H24O/c1-12(2,3)9-8-11(14-7)10-13(4,5)6/h8-10H,1-7H3/b9-8-,11-10+. The molecular formula is C13H24O. The van der Waals surface area contributed by atoms with Crippen molar-refractivity contribution in [2.45, 2.75) is 41.5 Å². The van der Waals surface area contributed by atoms with Crippen LogP contribution >= 0.6 is 0 Å². The van der Waals surface area contributed by atoms with Crippen LogP contribution in [0.5, 0.6) is 0 Å². The van der Waals surface area contributed by atoms with Gasteiger partial charge in [0.05, 0.1) is 7.11 Å². The van der Waals surface area contributed by atoms with Crippen LogP contribution in [0.3, 0.4) is 0 Å². The molecule has 0 saturated carbocycles. The van der Waals surface area contributed by atoms with Gasteiger partial charge < -0.3 is 4.74 Å². The summed E-state index contributed by atoms with van der Waals surface area (Å²) in [7, 11) is 1.71. The summed E-state index contributed by atoms with van der Waals surface area (Å²) in [6, 6.07) is 0. The Kier molecular flexibility index (Phi) is 4.44. The zero-order valence-electron chi connectivity index (χ0n) is 10.6. The van der Waals surface area contributed by atoms with Crippen molar-refractivity contribution in [1.29, 1.82) is 0 Å². The number of hydrogen-bond acceptors (Lipinski definition) is 1. The van der Waals surface area contributed by atoms with Crippen molar-refractivity contribution < 1.29 is 4.74 Å². The fourth-order valence-corrected chi connectivity index (χ4v) is 0.934. The Bertz CT molecular complexity index is 221. The molecule has 0 aromatic rings. The van der Waals surface area contributed by atoms with E-state index in [1.807, 2.05) is 6.08 Å². The zero-order chi connectivity index (χ0) is 11.4. The van der Waals surface area contributed by atoms with E-state index in [4.69, 9.17) is 4.74 Å². The van der Waals surface area contributed by atoms with Gasteiger partial charge in [0.15, 0.2) is 0 Å². The summed E-state index contributed by atoms with van der Waals surface area (Å²) in [6.45, 7) is 13.0. The van der Waals surface area contributed by atoms with Gasteiger partial charge in [0.1, 0.15) is 5.76 Å². The lowest BCUT2D eigenvalue weighted by Gasteiger charge is -2.15. The monoisotopic (exact) mass is 196 g/mol. The normalized spacial score (nSPS) is 14.9. The molecule has 0 unspecified atom stereocenters. The average Bonchev–Trinajstić information content (AvgIpc) is 1.94. The van der Waals surface area contributed by atoms with Crippen LogP contribution < -0.4 is 0 Å². The molecule has 0 amide bonds. The second-order valence-electron chi connectivity index (χ2n) is 5.82. The molecule has 0 atom stereocenters. The average molecular weight is 196 g/mol. The third-order valence-electron chi connectivity index (χ3n) is 1.56. The third kappa shape index (κ3) is 7.90. The Balaban J connectivity index is 4.61. The summed E-state index contributed by atoms with van der Waals surface area (Å²) in [5.41, 5.74) is 0.364. The molecule has 0 radical (unpaired) electrons. The lowest BCUT2D eigenvalue weighted by atomic mass is 9.93. The predicted molar refractivity (Wildman–Crippen MR) is 63.1 cm³/mol. The molecule has 0 spiro atoms. The maximum absolute atomic E-state index is 5.30. The first kappa shape index (κ1) is 13.3. The van der Waals surface area contributed by atoms with E-state index in [0.717, 1.165) is 5.76 Å². The number of ether oxygens (including phenoxy) is 1. The van der Waals surface area contributed by atoms with Gasteiger partial charge in [-0.2, -0.15) is 0 Å². The first-order chi connectivity index (χ1) is 6.14. The molecule has 0 aliphatic rings. The highest BCUT2D eigenvalue weighted by atomic mass is 16.5. The van der Waals surface area contributed by atoms with Crippen LogP contribution in [0.4, 0.5) is 0 Å². The van der Waals surface area contributed by atoms with Crippen molar-refractivity contribution in [3.05, 3.63) is 24.0 Å². The SMILES string of the molecule is COC(/C=C\C(C)(C)C)=C/C(C)(C)C. The molecule has 0 rings (SSSR count). The van der Waals surface area contributed by atoms with Crippen LogP contribution in [0, 0.1) is 10.8 Å². The van der Waals surface area contributed by atoms with Gasteiger partial charge >= 0.3 is 0 Å². The molecule has 14 heavy (non-hydrogen) atoms. The first-order valence-electron chi connectivity index (χ1n) is 5.10. The summed E-state index contributed by atoms with van der Waals surface area (Å²) in [4.78, 5) is 0. The number of methoxy groups -OCH3 is 1. The van der Waals surface area contributed by atoms with Crippen molar-refractivity contribution in [3.63, 3.8) is 0 Å². The third-order valence-corrected chi connectivity index (χ3v) is 1.56. The van der Waals surface area contributed by atoms with Crippen molar-refractivity contribution in [3.8, 4) is 0 Å². The maximum Gasteiger partial charge on any atom is 0.115 e. The molecule has 0 N–H and O–H groups in total. The van der Waals surface area contributed by atoms with Crippen LogP contribution in [0.25, 0.3) is 0 Å². The van der Waals surface area contributed by atoms with E-state index >= 15 is 0 Å². The van der Waals surface area contributed by atoms with Gasteiger partial charge in [-0.3, -0.25) is 0 Å². The predicted octanol–water partition coefficient (Wildman–Crippen LogP) is 4.17. The summed E-state index contributed by atoms with van der Waals surface area (Å²) in [5, 5.41) is 0. The van der Waals surface area contributed by atoms with E-state index in [9.17, 15) is 0 Å². The fraction of sp³-hybridized carbons (Fsp3) is 0.692. The lowest BCUT2D eigenvalue weighted by Crippen LogP contribution is -2.03. The van der Waals surface area contributed by atoms with Crippen LogP contribution in [0.15, 0.2) is 24.0 Å². The summed E-state index contributed by atoms with van der Waals surface area (Å²) >= 11 is 0. The van der Waals surface area contributed by atoms with E-state index in [2.05, 4.69) is 53.7 Å².